The summed E-state index contributed by atoms with van der Waals surface area (Å²) in [6, 6.07) is 10.6. The van der Waals surface area contributed by atoms with E-state index in [1.807, 2.05) is 6.07 Å². The summed E-state index contributed by atoms with van der Waals surface area (Å²) in [6.07, 6.45) is 4.07. The summed E-state index contributed by atoms with van der Waals surface area (Å²) < 4.78 is 40.7. The predicted octanol–water partition coefficient (Wildman–Crippen LogP) is 3.29. The monoisotopic (exact) mass is 446 g/mol. The molecule has 4 rings (SSSR count). The molecule has 0 saturated carbocycles. The van der Waals surface area contributed by atoms with E-state index in [4.69, 9.17) is 0 Å². The molecule has 0 radical (unpaired) electrons. The van der Waals surface area contributed by atoms with Gasteiger partial charge in [0.2, 0.25) is 15.0 Å². The van der Waals surface area contributed by atoms with Crippen molar-refractivity contribution in [3.05, 3.63) is 69.4 Å². The average molecular weight is 447 g/mol. The smallest absolute Gasteiger partial charge is 0.286 e. The molecule has 30 heavy (non-hydrogen) atoms. The number of hydrogen-bond donors (Lipinski definition) is 2. The van der Waals surface area contributed by atoms with Crippen LogP contribution in [0.2, 0.25) is 0 Å². The van der Waals surface area contributed by atoms with E-state index >= 15 is 0 Å². The van der Waals surface area contributed by atoms with Crippen molar-refractivity contribution in [2.45, 2.75) is 37.1 Å². The van der Waals surface area contributed by atoms with E-state index in [0.29, 0.717) is 10.7 Å². The molecule has 2 aromatic carbocycles. The van der Waals surface area contributed by atoms with E-state index in [2.05, 4.69) is 20.2 Å². The number of carbonyl (C=O) groups excluding carboxylic acids is 1. The Morgan fingerprint density at radius 1 is 1.03 bits per heavy atom. The zero-order chi connectivity index (χ0) is 21.1. The molecular weight excluding hydrogens is 427 g/mol. The molecule has 156 valence electrons. The number of amides is 1. The van der Waals surface area contributed by atoms with Gasteiger partial charge < -0.3 is 5.32 Å². The van der Waals surface area contributed by atoms with Gasteiger partial charge in [0.15, 0.2) is 0 Å². The molecule has 0 unspecified atom stereocenters. The van der Waals surface area contributed by atoms with Crippen LogP contribution in [0.4, 0.5) is 10.1 Å². The highest BCUT2D eigenvalue weighted by Gasteiger charge is 2.19. The number of anilines is 1. The Morgan fingerprint density at radius 3 is 2.53 bits per heavy atom. The number of benzene rings is 2. The van der Waals surface area contributed by atoms with Crippen LogP contribution in [0.3, 0.4) is 0 Å². The number of fused-ring (bicyclic) bond motifs is 1. The van der Waals surface area contributed by atoms with Gasteiger partial charge in [0.1, 0.15) is 10.8 Å². The van der Waals surface area contributed by atoms with Gasteiger partial charge in [-0.3, -0.25) is 4.79 Å². The number of hydrogen-bond acceptors (Lipinski definition) is 6. The summed E-state index contributed by atoms with van der Waals surface area (Å²) in [7, 11) is -3.70. The quantitative estimate of drug-likeness (QED) is 0.605. The van der Waals surface area contributed by atoms with Crippen LogP contribution in [0.25, 0.3) is 0 Å². The van der Waals surface area contributed by atoms with Crippen molar-refractivity contribution in [2.24, 2.45) is 0 Å². The molecule has 1 aliphatic carbocycles. The normalized spacial score (nSPS) is 13.6. The van der Waals surface area contributed by atoms with Gasteiger partial charge in [0.25, 0.3) is 5.91 Å². The van der Waals surface area contributed by atoms with E-state index in [1.165, 1.54) is 29.8 Å². The lowest BCUT2D eigenvalue weighted by molar-refractivity contribution is 0.102. The molecular formula is C20H19FN4O3S2. The molecule has 0 saturated heterocycles. The number of aromatic nitrogens is 2. The van der Waals surface area contributed by atoms with Crippen LogP contribution in [0, 0.1) is 5.82 Å². The van der Waals surface area contributed by atoms with Crippen molar-refractivity contribution in [3.63, 3.8) is 0 Å². The minimum absolute atomic E-state index is 0.0685. The Kier molecular flexibility index (Phi) is 5.89. The number of sulfonamides is 1. The van der Waals surface area contributed by atoms with E-state index in [1.54, 1.807) is 12.1 Å². The van der Waals surface area contributed by atoms with E-state index in [-0.39, 0.29) is 16.4 Å². The van der Waals surface area contributed by atoms with Gasteiger partial charge in [-0.05, 0) is 73.2 Å². The molecule has 3 aromatic rings. The first-order valence-electron chi connectivity index (χ1n) is 9.41. The van der Waals surface area contributed by atoms with Gasteiger partial charge in [-0.15, -0.1) is 10.2 Å². The van der Waals surface area contributed by atoms with E-state index < -0.39 is 21.7 Å². The molecule has 2 N–H and O–H groups in total. The van der Waals surface area contributed by atoms with Crippen molar-refractivity contribution in [2.75, 3.05) is 5.32 Å². The molecule has 1 aromatic heterocycles. The van der Waals surface area contributed by atoms with Gasteiger partial charge in [0.05, 0.1) is 11.4 Å². The van der Waals surface area contributed by atoms with Gasteiger partial charge in [-0.1, -0.05) is 17.4 Å². The lowest BCUT2D eigenvalue weighted by Gasteiger charge is -2.16. The highest BCUT2D eigenvalue weighted by Crippen LogP contribution is 2.24. The molecule has 10 heteroatoms. The maximum atomic E-state index is 12.9. The summed E-state index contributed by atoms with van der Waals surface area (Å²) in [4.78, 5) is 12.5. The third-order valence-corrected chi connectivity index (χ3v) is 7.13. The largest absolute Gasteiger partial charge is 0.320 e. The van der Waals surface area contributed by atoms with Crippen molar-refractivity contribution >= 4 is 33.0 Å². The lowest BCUT2D eigenvalue weighted by Crippen LogP contribution is -2.23. The van der Waals surface area contributed by atoms with Crippen LogP contribution < -0.4 is 10.0 Å². The first-order chi connectivity index (χ1) is 14.4. The van der Waals surface area contributed by atoms with Gasteiger partial charge >= 0.3 is 0 Å². The van der Waals surface area contributed by atoms with Crippen molar-refractivity contribution in [1.82, 2.24) is 14.9 Å². The van der Waals surface area contributed by atoms with E-state index in [0.717, 1.165) is 42.6 Å². The van der Waals surface area contributed by atoms with Crippen LogP contribution in [0.15, 0.2) is 47.4 Å². The second-order valence-electron chi connectivity index (χ2n) is 6.92. The third kappa shape index (κ3) is 4.72. The van der Waals surface area contributed by atoms with Crippen LogP contribution in [-0.4, -0.2) is 24.5 Å². The Balaban J connectivity index is 1.40. The molecule has 7 nitrogen and oxygen atoms in total. The number of carbonyl (C=O) groups is 1. The molecule has 0 aliphatic heterocycles. The van der Waals surface area contributed by atoms with Gasteiger partial charge in [-0.25, -0.2) is 17.5 Å². The molecule has 1 heterocycles. The maximum Gasteiger partial charge on any atom is 0.286 e. The van der Waals surface area contributed by atoms with Gasteiger partial charge in [0, 0.05) is 5.69 Å². The minimum atomic E-state index is -3.70. The fourth-order valence-electron chi connectivity index (χ4n) is 3.25. The van der Waals surface area contributed by atoms with Crippen molar-refractivity contribution in [1.29, 1.82) is 0 Å². The second kappa shape index (κ2) is 8.58. The minimum Gasteiger partial charge on any atom is -0.320 e. The first kappa shape index (κ1) is 20.6. The Bertz CT molecular complexity index is 1180. The molecule has 0 atom stereocenters. The Morgan fingerprint density at radius 2 is 1.77 bits per heavy atom. The standard InChI is InChI=1S/C20H19FN4O3S2/c21-15-6-8-16(9-7-15)23-19(26)20-25-24-18(29-20)12-22-30(27,28)17-10-5-13-3-1-2-4-14(13)11-17/h5-11,22H,1-4,12H2,(H,23,26). The average Bonchev–Trinajstić information content (AvgIpc) is 3.23. The summed E-state index contributed by atoms with van der Waals surface area (Å²) in [5, 5.41) is 10.7. The highest BCUT2D eigenvalue weighted by atomic mass is 32.2. The topological polar surface area (TPSA) is 101 Å². The maximum absolute atomic E-state index is 12.9. The third-order valence-electron chi connectivity index (χ3n) is 4.81. The molecule has 1 amide bonds. The SMILES string of the molecule is O=C(Nc1ccc(F)cc1)c1nnc(CNS(=O)(=O)c2ccc3c(c2)CCCC3)s1. The Labute approximate surface area is 177 Å². The molecule has 0 spiro atoms. The summed E-state index contributed by atoms with van der Waals surface area (Å²) >= 11 is 0.987. The number of halogens is 1. The van der Waals surface area contributed by atoms with Crippen LogP contribution in [0.5, 0.6) is 0 Å². The predicted molar refractivity (Wildman–Crippen MR) is 111 cm³/mol. The zero-order valence-electron chi connectivity index (χ0n) is 15.9. The van der Waals surface area contributed by atoms with Gasteiger partial charge in [-0.2, -0.15) is 0 Å². The molecule has 0 bridgehead atoms. The summed E-state index contributed by atoms with van der Waals surface area (Å²) in [5.74, 6) is -0.902. The second-order valence-corrected chi connectivity index (χ2v) is 9.75. The van der Waals surface area contributed by atoms with Crippen LogP contribution in [-0.2, 0) is 29.4 Å². The van der Waals surface area contributed by atoms with Crippen LogP contribution >= 0.6 is 11.3 Å². The first-order valence-corrected chi connectivity index (χ1v) is 11.7. The number of aryl methyl sites for hydroxylation is 2. The van der Waals surface area contributed by atoms with E-state index in [9.17, 15) is 17.6 Å². The fraction of sp³-hybridized carbons (Fsp3) is 0.250. The van der Waals surface area contributed by atoms with Crippen LogP contribution in [0.1, 0.15) is 38.8 Å². The highest BCUT2D eigenvalue weighted by molar-refractivity contribution is 7.89. The summed E-state index contributed by atoms with van der Waals surface area (Å²) in [6.45, 7) is -0.0685. The fourth-order valence-corrected chi connectivity index (χ4v) is 5.06. The number of nitrogens with one attached hydrogen (secondary N) is 2. The van der Waals surface area contributed by atoms with Crippen molar-refractivity contribution in [3.8, 4) is 0 Å². The number of nitrogens with zero attached hydrogens (tertiary/aromatic N) is 2. The van der Waals surface area contributed by atoms with Crippen molar-refractivity contribution < 1.29 is 17.6 Å². The summed E-state index contributed by atoms with van der Waals surface area (Å²) in [5.41, 5.74) is 2.71. The molecule has 1 aliphatic rings. The Hall–Kier alpha value is -2.69. The number of rotatable bonds is 6. The molecule has 0 fully saturated rings. The zero-order valence-corrected chi connectivity index (χ0v) is 17.5. The lowest BCUT2D eigenvalue weighted by atomic mass is 9.92.